The van der Waals surface area contributed by atoms with Gasteiger partial charge in [-0.05, 0) is 57.4 Å². The number of carbonyl (C=O) groups is 2. The number of Topliss-reactive ketones (excluding diaryl/α,β-unsaturated/α-hetero) is 1. The second kappa shape index (κ2) is 8.77. The Hall–Kier alpha value is -3.39. The second-order valence-corrected chi connectivity index (χ2v) is 7.76. The molecule has 31 heavy (non-hydrogen) atoms. The lowest BCUT2D eigenvalue weighted by atomic mass is 9.98. The molecule has 1 atom stereocenters. The number of pyridine rings is 1. The number of benzene rings is 1. The van der Waals surface area contributed by atoms with Crippen molar-refractivity contribution in [2.75, 3.05) is 40.4 Å². The van der Waals surface area contributed by atoms with Gasteiger partial charge in [0, 0.05) is 18.3 Å². The summed E-state index contributed by atoms with van der Waals surface area (Å²) in [6.07, 6.45) is 2.30. The topological polar surface area (TPSA) is 92.2 Å². The van der Waals surface area contributed by atoms with Crippen molar-refractivity contribution in [1.29, 1.82) is 0 Å². The number of amides is 1. The molecule has 1 fully saturated rings. The van der Waals surface area contributed by atoms with Crippen LogP contribution >= 0.6 is 0 Å². The van der Waals surface area contributed by atoms with Gasteiger partial charge in [0.25, 0.3) is 11.7 Å². The summed E-state index contributed by atoms with van der Waals surface area (Å²) >= 11 is 0. The molecule has 8 nitrogen and oxygen atoms in total. The SMILES string of the molecule is CN(C)CCCN1C(=O)C(=O)/C(=C(/O)c2ccc3c(c2)OCCO3)C1c1ccccn1. The Morgan fingerprint density at radius 1 is 1.16 bits per heavy atom. The smallest absolute Gasteiger partial charge is 0.295 e. The fourth-order valence-electron chi connectivity index (χ4n) is 3.86. The average Bonchev–Trinajstić information content (AvgIpc) is 3.03. The molecule has 2 aliphatic heterocycles. The van der Waals surface area contributed by atoms with Crippen LogP contribution < -0.4 is 9.47 Å². The van der Waals surface area contributed by atoms with E-state index in [1.165, 1.54) is 4.90 Å². The lowest BCUT2D eigenvalue weighted by molar-refractivity contribution is -0.140. The van der Waals surface area contributed by atoms with Crippen LogP contribution in [0, 0.1) is 0 Å². The molecule has 0 spiro atoms. The van der Waals surface area contributed by atoms with Gasteiger partial charge in [-0.3, -0.25) is 14.6 Å². The summed E-state index contributed by atoms with van der Waals surface area (Å²) in [4.78, 5) is 33.8. The number of ether oxygens (including phenoxy) is 2. The number of aromatic nitrogens is 1. The lowest BCUT2D eigenvalue weighted by Crippen LogP contribution is -2.32. The fraction of sp³-hybridized carbons (Fsp3) is 0.348. The highest BCUT2D eigenvalue weighted by molar-refractivity contribution is 6.46. The number of likely N-dealkylation sites (tertiary alicyclic amines) is 1. The average molecular weight is 423 g/mol. The van der Waals surface area contributed by atoms with Gasteiger partial charge in [0.15, 0.2) is 11.5 Å². The maximum atomic E-state index is 13.0. The zero-order valence-corrected chi connectivity index (χ0v) is 17.6. The van der Waals surface area contributed by atoms with Gasteiger partial charge < -0.3 is 24.4 Å². The van der Waals surface area contributed by atoms with Crippen LogP contribution in [0.15, 0.2) is 48.2 Å². The van der Waals surface area contributed by atoms with Gasteiger partial charge in [0.2, 0.25) is 0 Å². The summed E-state index contributed by atoms with van der Waals surface area (Å²) in [5.41, 5.74) is 0.951. The third-order valence-electron chi connectivity index (χ3n) is 5.33. The molecule has 2 aromatic rings. The Labute approximate surface area is 180 Å². The summed E-state index contributed by atoms with van der Waals surface area (Å²) in [5.74, 6) is -0.527. The van der Waals surface area contributed by atoms with Crippen LogP contribution in [0.1, 0.15) is 23.7 Å². The number of hydrogen-bond acceptors (Lipinski definition) is 7. The first-order valence-corrected chi connectivity index (χ1v) is 10.2. The minimum Gasteiger partial charge on any atom is -0.507 e. The highest BCUT2D eigenvalue weighted by Crippen LogP contribution is 2.40. The molecule has 162 valence electrons. The molecule has 0 bridgehead atoms. The first-order chi connectivity index (χ1) is 15.0. The molecule has 1 unspecified atom stereocenters. The number of carbonyl (C=O) groups excluding carboxylic acids is 2. The third-order valence-corrected chi connectivity index (χ3v) is 5.33. The molecule has 8 heteroatoms. The Balaban J connectivity index is 1.76. The van der Waals surface area contributed by atoms with E-state index >= 15 is 0 Å². The highest BCUT2D eigenvalue weighted by Gasteiger charge is 2.46. The van der Waals surface area contributed by atoms with Gasteiger partial charge in [-0.15, -0.1) is 0 Å². The first kappa shape index (κ1) is 20.9. The van der Waals surface area contributed by atoms with E-state index < -0.39 is 17.7 Å². The van der Waals surface area contributed by atoms with Gasteiger partial charge in [0.05, 0.1) is 11.3 Å². The van der Waals surface area contributed by atoms with E-state index in [0.717, 1.165) is 6.54 Å². The predicted octanol–water partition coefficient (Wildman–Crippen LogP) is 2.23. The van der Waals surface area contributed by atoms with Gasteiger partial charge in [-0.25, -0.2) is 0 Å². The summed E-state index contributed by atoms with van der Waals surface area (Å²) in [7, 11) is 3.90. The molecule has 4 rings (SSSR count). The van der Waals surface area contributed by atoms with Crippen LogP contribution in [0.25, 0.3) is 5.76 Å². The molecule has 1 aromatic carbocycles. The quantitative estimate of drug-likeness (QED) is 0.433. The van der Waals surface area contributed by atoms with E-state index in [1.807, 2.05) is 19.0 Å². The fourth-order valence-corrected chi connectivity index (χ4v) is 3.86. The van der Waals surface area contributed by atoms with E-state index in [4.69, 9.17) is 9.47 Å². The van der Waals surface area contributed by atoms with Crippen LogP contribution in [-0.4, -0.2) is 72.0 Å². The standard InChI is InChI=1S/C23H25N3O5/c1-25(2)10-5-11-26-20(16-6-3-4-9-24-16)19(22(28)23(26)29)21(27)15-7-8-17-18(14-15)31-13-12-30-17/h3-4,6-9,14,20,27H,5,10-13H2,1-2H3/b21-19+. The summed E-state index contributed by atoms with van der Waals surface area (Å²) in [5, 5.41) is 11.1. The van der Waals surface area contributed by atoms with Crippen molar-refractivity contribution in [1.82, 2.24) is 14.8 Å². The Morgan fingerprint density at radius 3 is 2.65 bits per heavy atom. The van der Waals surface area contributed by atoms with Crippen molar-refractivity contribution < 1.29 is 24.2 Å². The molecule has 0 saturated carbocycles. The minimum absolute atomic E-state index is 0.0326. The van der Waals surface area contributed by atoms with Crippen LogP contribution in [0.5, 0.6) is 11.5 Å². The van der Waals surface area contributed by atoms with Gasteiger partial charge >= 0.3 is 0 Å². The Kier molecular flexibility index (Phi) is 5.90. The number of ketones is 1. The van der Waals surface area contributed by atoms with Crippen molar-refractivity contribution in [3.8, 4) is 11.5 Å². The molecule has 1 amide bonds. The summed E-state index contributed by atoms with van der Waals surface area (Å²) in [6, 6.07) is 9.53. The summed E-state index contributed by atoms with van der Waals surface area (Å²) in [6.45, 7) is 2.00. The van der Waals surface area contributed by atoms with Crippen LogP contribution in [0.3, 0.4) is 0 Å². The Morgan fingerprint density at radius 2 is 1.94 bits per heavy atom. The zero-order valence-electron chi connectivity index (χ0n) is 17.6. The molecule has 1 saturated heterocycles. The molecular formula is C23H25N3O5. The minimum atomic E-state index is -0.753. The largest absolute Gasteiger partial charge is 0.507 e. The third kappa shape index (κ3) is 4.11. The number of rotatable bonds is 6. The van der Waals surface area contributed by atoms with E-state index in [0.29, 0.717) is 48.9 Å². The van der Waals surface area contributed by atoms with Crippen molar-refractivity contribution in [2.45, 2.75) is 12.5 Å². The van der Waals surface area contributed by atoms with E-state index in [1.54, 1.807) is 42.6 Å². The number of hydrogen-bond donors (Lipinski definition) is 1. The highest BCUT2D eigenvalue weighted by atomic mass is 16.6. The van der Waals surface area contributed by atoms with E-state index in [-0.39, 0.29) is 11.3 Å². The van der Waals surface area contributed by atoms with Gasteiger partial charge in [-0.2, -0.15) is 0 Å². The molecule has 2 aliphatic rings. The van der Waals surface area contributed by atoms with Gasteiger partial charge in [0.1, 0.15) is 25.0 Å². The first-order valence-electron chi connectivity index (χ1n) is 10.2. The number of fused-ring (bicyclic) bond motifs is 1. The number of nitrogens with zero attached hydrogens (tertiary/aromatic N) is 3. The second-order valence-electron chi connectivity index (χ2n) is 7.76. The molecule has 0 radical (unpaired) electrons. The summed E-state index contributed by atoms with van der Waals surface area (Å²) < 4.78 is 11.1. The van der Waals surface area contributed by atoms with Crippen molar-refractivity contribution in [3.63, 3.8) is 0 Å². The molecule has 0 aliphatic carbocycles. The van der Waals surface area contributed by atoms with E-state index in [9.17, 15) is 14.7 Å². The van der Waals surface area contributed by atoms with E-state index in [2.05, 4.69) is 4.98 Å². The van der Waals surface area contributed by atoms with Gasteiger partial charge in [-0.1, -0.05) is 6.07 Å². The molecule has 1 aromatic heterocycles. The zero-order chi connectivity index (χ0) is 22.0. The molecule has 3 heterocycles. The lowest BCUT2D eigenvalue weighted by Gasteiger charge is -2.25. The normalized spacial score (nSPS) is 19.8. The van der Waals surface area contributed by atoms with Crippen molar-refractivity contribution in [2.24, 2.45) is 0 Å². The van der Waals surface area contributed by atoms with Crippen LogP contribution in [-0.2, 0) is 9.59 Å². The Bertz CT molecular complexity index is 1020. The molecule has 1 N–H and O–H groups in total. The monoisotopic (exact) mass is 423 g/mol. The van der Waals surface area contributed by atoms with Crippen molar-refractivity contribution in [3.05, 3.63) is 59.4 Å². The van der Waals surface area contributed by atoms with Crippen LogP contribution in [0.4, 0.5) is 0 Å². The number of aliphatic hydroxyl groups is 1. The molecular weight excluding hydrogens is 398 g/mol. The van der Waals surface area contributed by atoms with Crippen LogP contribution in [0.2, 0.25) is 0 Å². The van der Waals surface area contributed by atoms with Crippen molar-refractivity contribution >= 4 is 17.4 Å². The number of aliphatic hydroxyl groups excluding tert-OH is 1. The maximum Gasteiger partial charge on any atom is 0.295 e. The maximum absolute atomic E-state index is 13.0. The predicted molar refractivity (Wildman–Crippen MR) is 114 cm³/mol.